The zero-order chi connectivity index (χ0) is 18.2. The molecule has 0 aliphatic rings. The molecule has 0 fully saturated rings. The van der Waals surface area contributed by atoms with E-state index in [1.54, 1.807) is 19.5 Å². The van der Waals surface area contributed by atoms with Gasteiger partial charge < -0.3 is 9.47 Å². The molecule has 1 aromatic heterocycles. The van der Waals surface area contributed by atoms with E-state index in [9.17, 15) is 0 Å². The smallest absolute Gasteiger partial charge is 0.170 e. The van der Waals surface area contributed by atoms with Crippen molar-refractivity contribution in [3.8, 4) is 11.5 Å². The van der Waals surface area contributed by atoms with Crippen LogP contribution in [0.15, 0.2) is 72.0 Å². The number of hydrazone groups is 1. The fourth-order valence-electron chi connectivity index (χ4n) is 2.50. The van der Waals surface area contributed by atoms with Crippen molar-refractivity contribution in [2.75, 3.05) is 12.5 Å². The average Bonchev–Trinajstić information content (AvgIpc) is 2.67. The molecule has 0 atom stereocenters. The fraction of sp³-hybridized carbons (Fsp3) is 0.143. The molecule has 1 heterocycles. The molecule has 5 heteroatoms. The third kappa shape index (κ3) is 4.60. The van der Waals surface area contributed by atoms with Crippen molar-refractivity contribution in [2.45, 2.75) is 13.5 Å². The zero-order valence-corrected chi connectivity index (χ0v) is 14.8. The second kappa shape index (κ2) is 8.67. The van der Waals surface area contributed by atoms with E-state index in [0.29, 0.717) is 23.9 Å². The molecule has 0 saturated heterocycles. The molecule has 2 aromatic carbocycles. The summed E-state index contributed by atoms with van der Waals surface area (Å²) in [5.74, 6) is 2.00. The van der Waals surface area contributed by atoms with Gasteiger partial charge in [0.1, 0.15) is 12.4 Å². The summed E-state index contributed by atoms with van der Waals surface area (Å²) in [4.78, 5) is 4.17. The molecule has 3 aromatic rings. The van der Waals surface area contributed by atoms with Crippen LogP contribution in [0.1, 0.15) is 16.7 Å². The van der Waals surface area contributed by atoms with Gasteiger partial charge in [0.2, 0.25) is 0 Å². The highest BCUT2D eigenvalue weighted by atomic mass is 16.5. The number of hydrogen-bond donors (Lipinski definition) is 1. The Bertz CT molecular complexity index is 879. The van der Waals surface area contributed by atoms with Crippen LogP contribution in [0.5, 0.6) is 11.5 Å². The minimum atomic E-state index is 0.455. The third-order valence-corrected chi connectivity index (χ3v) is 3.74. The third-order valence-electron chi connectivity index (χ3n) is 3.74. The Morgan fingerprint density at radius 1 is 1.08 bits per heavy atom. The second-order valence-corrected chi connectivity index (χ2v) is 5.74. The molecule has 132 valence electrons. The number of nitrogens with zero attached hydrogens (tertiary/aromatic N) is 2. The van der Waals surface area contributed by atoms with Crippen molar-refractivity contribution in [2.24, 2.45) is 5.10 Å². The lowest BCUT2D eigenvalue weighted by Crippen LogP contribution is -2.02. The lowest BCUT2D eigenvalue weighted by molar-refractivity contribution is 0.284. The van der Waals surface area contributed by atoms with Crippen LogP contribution in [0.3, 0.4) is 0 Å². The Kier molecular flexibility index (Phi) is 5.83. The minimum absolute atomic E-state index is 0.455. The first-order valence-corrected chi connectivity index (χ1v) is 8.32. The van der Waals surface area contributed by atoms with E-state index in [4.69, 9.17) is 9.47 Å². The van der Waals surface area contributed by atoms with Crippen LogP contribution >= 0.6 is 0 Å². The number of aromatic nitrogens is 1. The number of anilines is 1. The molecule has 3 rings (SSSR count). The molecule has 0 saturated carbocycles. The van der Waals surface area contributed by atoms with Crippen molar-refractivity contribution >= 4 is 12.0 Å². The van der Waals surface area contributed by atoms with Crippen LogP contribution in [-0.2, 0) is 6.61 Å². The molecule has 0 aliphatic carbocycles. The van der Waals surface area contributed by atoms with Gasteiger partial charge in [0, 0.05) is 11.8 Å². The average molecular weight is 347 g/mol. The van der Waals surface area contributed by atoms with Gasteiger partial charge in [0.05, 0.1) is 13.3 Å². The van der Waals surface area contributed by atoms with Gasteiger partial charge >= 0.3 is 0 Å². The normalized spacial score (nSPS) is 10.7. The summed E-state index contributed by atoms with van der Waals surface area (Å²) >= 11 is 0. The Hall–Kier alpha value is -3.34. The molecule has 0 radical (unpaired) electrons. The fourth-order valence-corrected chi connectivity index (χ4v) is 2.50. The number of pyridine rings is 1. The van der Waals surface area contributed by atoms with Crippen LogP contribution in [0.2, 0.25) is 0 Å². The number of benzene rings is 2. The van der Waals surface area contributed by atoms with Gasteiger partial charge in [-0.25, -0.2) is 4.98 Å². The molecule has 5 nitrogen and oxygen atoms in total. The highest BCUT2D eigenvalue weighted by Crippen LogP contribution is 2.31. The van der Waals surface area contributed by atoms with Gasteiger partial charge in [-0.05, 0) is 36.8 Å². The summed E-state index contributed by atoms with van der Waals surface area (Å²) in [6, 6.07) is 19.5. The first-order valence-electron chi connectivity index (χ1n) is 8.32. The summed E-state index contributed by atoms with van der Waals surface area (Å²) in [5.41, 5.74) is 6.02. The summed E-state index contributed by atoms with van der Waals surface area (Å²) in [7, 11) is 1.63. The minimum Gasteiger partial charge on any atom is -0.493 e. The largest absolute Gasteiger partial charge is 0.493 e. The highest BCUT2D eigenvalue weighted by Gasteiger charge is 2.09. The van der Waals surface area contributed by atoms with Gasteiger partial charge in [0.25, 0.3) is 0 Å². The number of hydrogen-bond acceptors (Lipinski definition) is 5. The maximum atomic E-state index is 6.04. The number of rotatable bonds is 7. The van der Waals surface area contributed by atoms with E-state index in [0.717, 1.165) is 11.1 Å². The number of para-hydroxylation sites is 1. The topological polar surface area (TPSA) is 55.7 Å². The molecule has 26 heavy (non-hydrogen) atoms. The molecule has 0 amide bonds. The second-order valence-electron chi connectivity index (χ2n) is 5.74. The van der Waals surface area contributed by atoms with Gasteiger partial charge in [-0.3, -0.25) is 5.43 Å². The molecule has 0 unspecified atom stereocenters. The SMILES string of the molecule is COc1cccc(/C=N/Nc2ccccn2)c1OCc1cccc(C)c1. The van der Waals surface area contributed by atoms with Crippen molar-refractivity contribution in [3.05, 3.63) is 83.6 Å². The Labute approximate surface area is 153 Å². The predicted octanol–water partition coefficient (Wildman–Crippen LogP) is 4.42. The van der Waals surface area contributed by atoms with Crippen LogP contribution in [0.25, 0.3) is 0 Å². The Morgan fingerprint density at radius 3 is 2.73 bits per heavy atom. The van der Waals surface area contributed by atoms with Crippen LogP contribution in [0, 0.1) is 6.92 Å². The summed E-state index contributed by atoms with van der Waals surface area (Å²) in [5, 5.41) is 4.24. The monoisotopic (exact) mass is 347 g/mol. The van der Waals surface area contributed by atoms with E-state index in [1.165, 1.54) is 5.56 Å². The van der Waals surface area contributed by atoms with Crippen LogP contribution < -0.4 is 14.9 Å². The summed E-state index contributed by atoms with van der Waals surface area (Å²) < 4.78 is 11.5. The summed E-state index contributed by atoms with van der Waals surface area (Å²) in [6.07, 6.45) is 3.41. The van der Waals surface area contributed by atoms with Crippen LogP contribution in [-0.4, -0.2) is 18.3 Å². The number of aryl methyl sites for hydroxylation is 1. The van der Waals surface area contributed by atoms with E-state index in [-0.39, 0.29) is 0 Å². The lowest BCUT2D eigenvalue weighted by Gasteiger charge is -2.13. The maximum absolute atomic E-state index is 6.04. The number of ether oxygens (including phenoxy) is 2. The van der Waals surface area contributed by atoms with Gasteiger partial charge in [0.15, 0.2) is 11.5 Å². The predicted molar refractivity (Wildman–Crippen MR) is 104 cm³/mol. The number of nitrogens with one attached hydrogen (secondary N) is 1. The highest BCUT2D eigenvalue weighted by molar-refractivity contribution is 5.85. The van der Waals surface area contributed by atoms with Crippen molar-refractivity contribution < 1.29 is 9.47 Å². The molecular formula is C21H21N3O2. The standard InChI is InChI=1S/C21H21N3O2/c1-16-7-5-8-17(13-16)15-26-21-18(9-6-10-19(21)25-2)14-23-24-20-11-3-4-12-22-20/h3-14H,15H2,1-2H3,(H,22,24)/b23-14+. The van der Waals surface area contributed by atoms with Gasteiger partial charge in [-0.15, -0.1) is 0 Å². The first kappa shape index (κ1) is 17.5. The molecule has 1 N–H and O–H groups in total. The molecule has 0 aliphatic heterocycles. The van der Waals surface area contributed by atoms with Crippen LogP contribution in [0.4, 0.5) is 5.82 Å². The first-order chi connectivity index (χ1) is 12.8. The molecule has 0 spiro atoms. The van der Waals surface area contributed by atoms with E-state index >= 15 is 0 Å². The van der Waals surface area contributed by atoms with E-state index in [2.05, 4.69) is 34.6 Å². The van der Waals surface area contributed by atoms with Gasteiger partial charge in [-0.1, -0.05) is 42.0 Å². The molecule has 0 bridgehead atoms. The van der Waals surface area contributed by atoms with Crippen molar-refractivity contribution in [1.82, 2.24) is 4.98 Å². The quantitative estimate of drug-likeness (QED) is 0.508. The van der Waals surface area contributed by atoms with Crippen molar-refractivity contribution in [3.63, 3.8) is 0 Å². The molecular weight excluding hydrogens is 326 g/mol. The van der Waals surface area contributed by atoms with Gasteiger partial charge in [-0.2, -0.15) is 5.10 Å². The maximum Gasteiger partial charge on any atom is 0.170 e. The Morgan fingerprint density at radius 2 is 1.96 bits per heavy atom. The van der Waals surface area contributed by atoms with E-state index in [1.807, 2.05) is 48.5 Å². The number of methoxy groups -OCH3 is 1. The Balaban J connectivity index is 1.77. The lowest BCUT2D eigenvalue weighted by atomic mass is 10.1. The van der Waals surface area contributed by atoms with E-state index < -0.39 is 0 Å². The van der Waals surface area contributed by atoms with Crippen molar-refractivity contribution in [1.29, 1.82) is 0 Å². The zero-order valence-electron chi connectivity index (χ0n) is 14.8. The summed E-state index contributed by atoms with van der Waals surface area (Å²) in [6.45, 7) is 2.52.